The second-order valence-electron chi connectivity index (χ2n) is 10.9. The Hall–Kier alpha value is -3.97. The van der Waals surface area contributed by atoms with Gasteiger partial charge < -0.3 is 21.1 Å². The monoisotopic (exact) mass is 632 g/mol. The van der Waals surface area contributed by atoms with Gasteiger partial charge in [-0.15, -0.1) is 0 Å². The molecule has 2 heterocycles. The normalized spacial score (nSPS) is 15.9. The molecule has 3 aromatic rings. The van der Waals surface area contributed by atoms with E-state index in [0.29, 0.717) is 11.5 Å². The van der Waals surface area contributed by atoms with Crippen LogP contribution in [0.5, 0.6) is 0 Å². The van der Waals surface area contributed by atoms with Gasteiger partial charge in [-0.2, -0.15) is 13.2 Å². The smallest absolute Gasteiger partial charge is 0.480 e. The first-order chi connectivity index (χ1) is 20.7. The molecule has 4 rings (SSSR count). The average molecular weight is 633 g/mol. The summed E-state index contributed by atoms with van der Waals surface area (Å²) in [4.78, 5) is 30.9. The maximum atomic E-state index is 13.2. The van der Waals surface area contributed by atoms with Crippen LogP contribution in [0.15, 0.2) is 65.7 Å². The summed E-state index contributed by atoms with van der Waals surface area (Å²) in [5, 5.41) is 12.3. The molecule has 236 valence electrons. The minimum absolute atomic E-state index is 0.0112. The zero-order chi connectivity index (χ0) is 32.2. The minimum atomic E-state index is -5.62. The van der Waals surface area contributed by atoms with Crippen molar-refractivity contribution in [1.82, 2.24) is 10.3 Å². The number of benzene rings is 2. The number of halogens is 3. The summed E-state index contributed by atoms with van der Waals surface area (Å²) < 4.78 is 63.2. The van der Waals surface area contributed by atoms with Crippen molar-refractivity contribution in [3.05, 3.63) is 88.7 Å². The fourth-order valence-corrected chi connectivity index (χ4v) is 6.45. The number of carbonyl (C=O) groups is 2. The molecule has 2 aromatic carbocycles. The molecule has 0 saturated carbocycles. The molecular formula is C31H35F3N4O5S. The zero-order valence-electron chi connectivity index (χ0n) is 24.3. The Labute approximate surface area is 254 Å². The summed E-state index contributed by atoms with van der Waals surface area (Å²) in [5.41, 5.74) is 3.47. The quantitative estimate of drug-likeness (QED) is 0.295. The first kappa shape index (κ1) is 32.9. The third-order valence-corrected chi connectivity index (χ3v) is 9.50. The first-order valence-corrected chi connectivity index (χ1v) is 15.7. The number of pyridine rings is 1. The van der Waals surface area contributed by atoms with E-state index in [1.165, 1.54) is 6.92 Å². The van der Waals surface area contributed by atoms with E-state index in [0.717, 1.165) is 49.4 Å². The summed E-state index contributed by atoms with van der Waals surface area (Å²) in [5.74, 6) is -1.80. The number of alkyl halides is 3. The van der Waals surface area contributed by atoms with Gasteiger partial charge in [-0.05, 0) is 85.2 Å². The number of rotatable bonds is 10. The number of carboxylic acid groups (broad SMARTS) is 1. The highest BCUT2D eigenvalue weighted by atomic mass is 32.2. The van der Waals surface area contributed by atoms with Gasteiger partial charge >= 0.3 is 11.5 Å². The van der Waals surface area contributed by atoms with Crippen molar-refractivity contribution < 1.29 is 36.3 Å². The van der Waals surface area contributed by atoms with Crippen LogP contribution in [0.4, 0.5) is 18.9 Å². The molecule has 1 saturated heterocycles. The van der Waals surface area contributed by atoms with Crippen LogP contribution >= 0.6 is 0 Å². The maximum Gasteiger partial charge on any atom is 0.501 e. The number of nitrogens with one attached hydrogen (secondary N) is 1. The highest BCUT2D eigenvalue weighted by Crippen LogP contribution is 2.33. The van der Waals surface area contributed by atoms with E-state index in [1.807, 2.05) is 30.3 Å². The van der Waals surface area contributed by atoms with Crippen LogP contribution in [0, 0.1) is 12.8 Å². The van der Waals surface area contributed by atoms with Crippen LogP contribution in [0.3, 0.4) is 0 Å². The Morgan fingerprint density at radius 2 is 1.77 bits per heavy atom. The van der Waals surface area contributed by atoms with Crippen molar-refractivity contribution >= 4 is 27.4 Å². The molecule has 2 unspecified atom stereocenters. The van der Waals surface area contributed by atoms with Crippen molar-refractivity contribution in [1.29, 1.82) is 0 Å². The number of aryl methyl sites for hydroxylation is 2. The van der Waals surface area contributed by atoms with E-state index < -0.39 is 38.2 Å². The van der Waals surface area contributed by atoms with E-state index in [2.05, 4.69) is 15.2 Å². The van der Waals surface area contributed by atoms with Crippen molar-refractivity contribution in [2.45, 2.75) is 62.0 Å². The van der Waals surface area contributed by atoms with Gasteiger partial charge in [0, 0.05) is 43.0 Å². The van der Waals surface area contributed by atoms with Gasteiger partial charge in [0.1, 0.15) is 6.04 Å². The van der Waals surface area contributed by atoms with Crippen molar-refractivity contribution in [2.75, 3.05) is 18.0 Å². The second kappa shape index (κ2) is 13.3. The number of hydrogen-bond donors (Lipinski definition) is 3. The standard InChI is InChI=1S/C31H35F3N4O5S/c1-3-21-18-24(44(42,43)31(32,33)34)16-19(2)27(21)29(39)37-26(30(40)41)17-20-7-9-23(10-8-20)38-14-11-22(12-15-38)28(35)25-6-4-5-13-36-25/h4-10,13,16,18,22,26,28H,3,11-12,14-15,17,35H2,1-2H3,(H,37,39)(H,40,41). The molecule has 2 atom stereocenters. The Kier molecular flexibility index (Phi) is 9.99. The molecule has 0 radical (unpaired) electrons. The molecule has 13 heteroatoms. The SMILES string of the molecule is CCc1cc(S(=O)(=O)C(F)(F)F)cc(C)c1C(=O)NC(Cc1ccc(N2CCC(C(N)c3ccccn3)CC2)cc1)C(=O)O. The number of piperidine rings is 1. The fraction of sp³-hybridized carbons (Fsp3) is 0.387. The molecule has 1 aliphatic rings. The molecule has 1 aliphatic heterocycles. The lowest BCUT2D eigenvalue weighted by molar-refractivity contribution is -0.139. The van der Waals surface area contributed by atoms with Gasteiger partial charge in [-0.1, -0.05) is 25.1 Å². The summed E-state index contributed by atoms with van der Waals surface area (Å²) in [6.07, 6.45) is 3.55. The maximum absolute atomic E-state index is 13.2. The topological polar surface area (TPSA) is 143 Å². The van der Waals surface area contributed by atoms with Crippen molar-refractivity contribution in [3.63, 3.8) is 0 Å². The van der Waals surface area contributed by atoms with Gasteiger partial charge in [0.2, 0.25) is 0 Å². The van der Waals surface area contributed by atoms with E-state index in [-0.39, 0.29) is 35.6 Å². The van der Waals surface area contributed by atoms with Crippen molar-refractivity contribution in [2.24, 2.45) is 11.7 Å². The third kappa shape index (κ3) is 7.21. The number of carboxylic acids is 1. The molecule has 0 spiro atoms. The molecular weight excluding hydrogens is 597 g/mol. The molecule has 4 N–H and O–H groups in total. The van der Waals surface area contributed by atoms with E-state index in [9.17, 15) is 36.3 Å². The number of hydrogen-bond acceptors (Lipinski definition) is 7. The van der Waals surface area contributed by atoms with Crippen LogP contribution < -0.4 is 16.0 Å². The Morgan fingerprint density at radius 1 is 1.11 bits per heavy atom. The van der Waals surface area contributed by atoms with Gasteiger partial charge in [0.05, 0.1) is 10.6 Å². The number of aromatic nitrogens is 1. The molecule has 0 bridgehead atoms. The Balaban J connectivity index is 1.42. The molecule has 1 aromatic heterocycles. The van der Waals surface area contributed by atoms with Crippen LogP contribution in [-0.2, 0) is 27.5 Å². The van der Waals surface area contributed by atoms with Crippen LogP contribution in [0.1, 0.15) is 58.5 Å². The molecule has 0 aliphatic carbocycles. The van der Waals surface area contributed by atoms with Crippen LogP contribution in [0.2, 0.25) is 0 Å². The highest BCUT2D eigenvalue weighted by Gasteiger charge is 2.47. The van der Waals surface area contributed by atoms with E-state index in [1.54, 1.807) is 25.3 Å². The largest absolute Gasteiger partial charge is 0.501 e. The summed E-state index contributed by atoms with van der Waals surface area (Å²) in [7, 11) is -5.62. The lowest BCUT2D eigenvalue weighted by atomic mass is 9.87. The summed E-state index contributed by atoms with van der Waals surface area (Å²) in [6, 6.07) is 13.2. The van der Waals surface area contributed by atoms with Crippen LogP contribution in [-0.4, -0.2) is 55.0 Å². The highest BCUT2D eigenvalue weighted by molar-refractivity contribution is 7.92. The number of amides is 1. The van der Waals surface area contributed by atoms with Crippen molar-refractivity contribution in [3.8, 4) is 0 Å². The Bertz CT molecular complexity index is 1590. The number of sulfone groups is 1. The third-order valence-electron chi connectivity index (χ3n) is 8.04. The van der Waals surface area contributed by atoms with Gasteiger partial charge in [-0.3, -0.25) is 9.78 Å². The lowest BCUT2D eigenvalue weighted by Crippen LogP contribution is -2.43. The van der Waals surface area contributed by atoms with Gasteiger partial charge in [0.15, 0.2) is 0 Å². The second-order valence-corrected chi connectivity index (χ2v) is 12.9. The average Bonchev–Trinajstić information content (AvgIpc) is 3.00. The van der Waals surface area contributed by atoms with Crippen LogP contribution in [0.25, 0.3) is 0 Å². The number of nitrogens with zero attached hydrogens (tertiary/aromatic N) is 2. The number of aliphatic carboxylic acids is 1. The molecule has 9 nitrogen and oxygen atoms in total. The molecule has 1 amide bonds. The molecule has 1 fully saturated rings. The van der Waals surface area contributed by atoms with E-state index >= 15 is 0 Å². The number of carbonyl (C=O) groups excluding carboxylic acids is 1. The lowest BCUT2D eigenvalue weighted by Gasteiger charge is -2.36. The summed E-state index contributed by atoms with van der Waals surface area (Å²) >= 11 is 0. The predicted octanol–water partition coefficient (Wildman–Crippen LogP) is 4.59. The fourth-order valence-electron chi connectivity index (χ4n) is 5.56. The van der Waals surface area contributed by atoms with E-state index in [4.69, 9.17) is 5.73 Å². The summed E-state index contributed by atoms with van der Waals surface area (Å²) in [6.45, 7) is 4.48. The predicted molar refractivity (Wildman–Crippen MR) is 159 cm³/mol. The van der Waals surface area contributed by atoms with Gasteiger partial charge in [-0.25, -0.2) is 13.2 Å². The van der Waals surface area contributed by atoms with Gasteiger partial charge in [0.25, 0.3) is 15.7 Å². The zero-order valence-corrected chi connectivity index (χ0v) is 25.2. The number of anilines is 1. The number of nitrogens with two attached hydrogens (primary N) is 1. The first-order valence-electron chi connectivity index (χ1n) is 14.2. The molecule has 44 heavy (non-hydrogen) atoms. The minimum Gasteiger partial charge on any atom is -0.480 e. The Morgan fingerprint density at radius 3 is 2.32 bits per heavy atom.